The largest absolute Gasteiger partial charge is 0.381 e. The normalized spacial score (nSPS) is 23.8. The molecule has 25 heavy (non-hydrogen) atoms. The molecule has 2 rings (SSSR count). The summed E-state index contributed by atoms with van der Waals surface area (Å²) >= 11 is 0. The van der Waals surface area contributed by atoms with Crippen molar-refractivity contribution in [2.24, 2.45) is 10.9 Å². The Hall–Kier alpha value is -0.860. The molecule has 0 bridgehead atoms. The van der Waals surface area contributed by atoms with Crippen LogP contribution in [0.4, 0.5) is 0 Å². The third-order valence-corrected chi connectivity index (χ3v) is 6.44. The van der Waals surface area contributed by atoms with Gasteiger partial charge in [-0.3, -0.25) is 4.99 Å². The molecule has 0 spiro atoms. The first-order valence-electron chi connectivity index (χ1n) is 9.45. The standard InChI is InChI=1S/C17H34N4O3S/c1-4-18-17(20(2)11-7-15-8-12-24-13-9-15)19-14-16-6-5-10-21(16)25(3,22)23/h15-16H,4-14H2,1-3H3,(H,18,19)/t16-/m1/s1. The van der Waals surface area contributed by atoms with Gasteiger partial charge in [-0.05, 0) is 44.9 Å². The van der Waals surface area contributed by atoms with E-state index in [0.29, 0.717) is 13.1 Å². The number of hydrogen-bond acceptors (Lipinski definition) is 4. The molecule has 2 heterocycles. The monoisotopic (exact) mass is 374 g/mol. The summed E-state index contributed by atoms with van der Waals surface area (Å²) < 4.78 is 30.8. The highest BCUT2D eigenvalue weighted by Crippen LogP contribution is 2.21. The Morgan fingerprint density at radius 3 is 2.68 bits per heavy atom. The topological polar surface area (TPSA) is 74.2 Å². The first-order chi connectivity index (χ1) is 11.9. The molecule has 8 heteroatoms. The molecular formula is C17H34N4O3S. The van der Waals surface area contributed by atoms with E-state index in [9.17, 15) is 8.42 Å². The van der Waals surface area contributed by atoms with E-state index < -0.39 is 10.0 Å². The van der Waals surface area contributed by atoms with Crippen molar-refractivity contribution in [3.05, 3.63) is 0 Å². The lowest BCUT2D eigenvalue weighted by molar-refractivity contribution is 0.0625. The van der Waals surface area contributed by atoms with Crippen LogP contribution in [-0.2, 0) is 14.8 Å². The van der Waals surface area contributed by atoms with Crippen LogP contribution in [0.5, 0.6) is 0 Å². The van der Waals surface area contributed by atoms with Gasteiger partial charge in [0, 0.05) is 45.9 Å². The molecule has 2 fully saturated rings. The Morgan fingerprint density at radius 2 is 2.04 bits per heavy atom. The Labute approximate surface area is 152 Å². The molecule has 2 saturated heterocycles. The second kappa shape index (κ2) is 9.73. The Morgan fingerprint density at radius 1 is 1.32 bits per heavy atom. The SMILES string of the molecule is CCNC(=NC[C@H]1CCCN1S(C)(=O)=O)N(C)CCC1CCOCC1. The molecule has 1 N–H and O–H groups in total. The molecule has 0 saturated carbocycles. The second-order valence-corrected chi connectivity index (χ2v) is 9.07. The van der Waals surface area contributed by atoms with Crippen LogP contribution in [0.25, 0.3) is 0 Å². The van der Waals surface area contributed by atoms with E-state index in [1.54, 1.807) is 4.31 Å². The highest BCUT2D eigenvalue weighted by atomic mass is 32.2. The minimum Gasteiger partial charge on any atom is -0.381 e. The summed E-state index contributed by atoms with van der Waals surface area (Å²) in [5.74, 6) is 1.60. The Balaban J connectivity index is 1.90. The van der Waals surface area contributed by atoms with Gasteiger partial charge in [0.15, 0.2) is 5.96 Å². The number of hydrogen-bond donors (Lipinski definition) is 1. The summed E-state index contributed by atoms with van der Waals surface area (Å²) in [7, 11) is -1.08. The Bertz CT molecular complexity index is 532. The van der Waals surface area contributed by atoms with Gasteiger partial charge >= 0.3 is 0 Å². The number of guanidine groups is 1. The average molecular weight is 375 g/mol. The molecule has 146 valence electrons. The van der Waals surface area contributed by atoms with Gasteiger partial charge in [0.2, 0.25) is 10.0 Å². The number of sulfonamides is 1. The summed E-state index contributed by atoms with van der Waals surface area (Å²) in [6, 6.07) is -0.00690. The van der Waals surface area contributed by atoms with E-state index >= 15 is 0 Å². The molecule has 0 unspecified atom stereocenters. The molecule has 0 amide bonds. The third kappa shape index (κ3) is 6.42. The fourth-order valence-corrected chi connectivity index (χ4v) is 4.78. The van der Waals surface area contributed by atoms with Crippen LogP contribution < -0.4 is 5.32 Å². The molecule has 0 aliphatic carbocycles. The van der Waals surface area contributed by atoms with E-state index in [1.165, 1.54) is 6.26 Å². The molecule has 0 aromatic rings. The van der Waals surface area contributed by atoms with E-state index in [2.05, 4.69) is 24.2 Å². The maximum atomic E-state index is 11.9. The van der Waals surface area contributed by atoms with Crippen molar-refractivity contribution in [2.45, 2.75) is 45.1 Å². The van der Waals surface area contributed by atoms with Gasteiger partial charge in [-0.15, -0.1) is 0 Å². The lowest BCUT2D eigenvalue weighted by Gasteiger charge is -2.27. The van der Waals surface area contributed by atoms with Gasteiger partial charge in [-0.25, -0.2) is 8.42 Å². The predicted octanol–water partition coefficient (Wildman–Crippen LogP) is 1.12. The first-order valence-corrected chi connectivity index (χ1v) is 11.3. The van der Waals surface area contributed by atoms with Gasteiger partial charge in [-0.2, -0.15) is 4.31 Å². The smallest absolute Gasteiger partial charge is 0.211 e. The zero-order chi connectivity index (χ0) is 18.3. The van der Waals surface area contributed by atoms with Crippen LogP contribution >= 0.6 is 0 Å². The third-order valence-electron chi connectivity index (χ3n) is 5.11. The maximum absolute atomic E-state index is 11.9. The average Bonchev–Trinajstić information content (AvgIpc) is 3.06. The van der Waals surface area contributed by atoms with Gasteiger partial charge in [-0.1, -0.05) is 0 Å². The predicted molar refractivity (Wildman–Crippen MR) is 101 cm³/mol. The summed E-state index contributed by atoms with van der Waals surface area (Å²) in [4.78, 5) is 6.89. The van der Waals surface area contributed by atoms with Crippen molar-refractivity contribution in [2.75, 3.05) is 52.7 Å². The number of nitrogens with zero attached hydrogens (tertiary/aromatic N) is 3. The molecule has 1 atom stereocenters. The van der Waals surface area contributed by atoms with Gasteiger partial charge in [0.05, 0.1) is 12.8 Å². The van der Waals surface area contributed by atoms with E-state index in [4.69, 9.17) is 9.73 Å². The molecule has 0 radical (unpaired) electrons. The molecule has 0 aromatic heterocycles. The number of ether oxygens (including phenoxy) is 1. The van der Waals surface area contributed by atoms with Crippen LogP contribution in [0.3, 0.4) is 0 Å². The fourth-order valence-electron chi connectivity index (χ4n) is 3.61. The van der Waals surface area contributed by atoms with Crippen LogP contribution in [-0.4, -0.2) is 82.3 Å². The van der Waals surface area contributed by atoms with Crippen LogP contribution in [0.1, 0.15) is 39.0 Å². The quantitative estimate of drug-likeness (QED) is 0.534. The summed E-state index contributed by atoms with van der Waals surface area (Å²) in [6.07, 6.45) is 6.54. The van der Waals surface area contributed by atoms with Crippen LogP contribution in [0.15, 0.2) is 4.99 Å². The van der Waals surface area contributed by atoms with Crippen molar-refractivity contribution in [1.82, 2.24) is 14.5 Å². The van der Waals surface area contributed by atoms with Gasteiger partial charge in [0.1, 0.15) is 0 Å². The zero-order valence-electron chi connectivity index (χ0n) is 15.9. The van der Waals surface area contributed by atoms with Crippen molar-refractivity contribution in [3.63, 3.8) is 0 Å². The van der Waals surface area contributed by atoms with Gasteiger partial charge < -0.3 is 15.0 Å². The number of rotatable bonds is 7. The molecular weight excluding hydrogens is 340 g/mol. The van der Waals surface area contributed by atoms with Gasteiger partial charge in [0.25, 0.3) is 0 Å². The minimum absolute atomic E-state index is 0.00690. The lowest BCUT2D eigenvalue weighted by atomic mass is 9.96. The van der Waals surface area contributed by atoms with Crippen molar-refractivity contribution in [3.8, 4) is 0 Å². The molecule has 2 aliphatic heterocycles. The fraction of sp³-hybridized carbons (Fsp3) is 0.941. The van der Waals surface area contributed by atoms with E-state index in [-0.39, 0.29) is 6.04 Å². The molecule has 0 aromatic carbocycles. The van der Waals surface area contributed by atoms with Crippen molar-refractivity contribution < 1.29 is 13.2 Å². The molecule has 2 aliphatic rings. The molecule has 7 nitrogen and oxygen atoms in total. The highest BCUT2D eigenvalue weighted by molar-refractivity contribution is 7.88. The van der Waals surface area contributed by atoms with E-state index in [0.717, 1.165) is 70.3 Å². The van der Waals surface area contributed by atoms with Crippen LogP contribution in [0.2, 0.25) is 0 Å². The minimum atomic E-state index is -3.14. The summed E-state index contributed by atoms with van der Waals surface area (Å²) in [6.45, 7) is 6.72. The Kier molecular flexibility index (Phi) is 7.96. The van der Waals surface area contributed by atoms with Crippen molar-refractivity contribution in [1.29, 1.82) is 0 Å². The second-order valence-electron chi connectivity index (χ2n) is 7.13. The number of aliphatic imine (C=N–C) groups is 1. The van der Waals surface area contributed by atoms with E-state index in [1.807, 2.05) is 0 Å². The highest BCUT2D eigenvalue weighted by Gasteiger charge is 2.31. The first kappa shape index (κ1) is 20.5. The van der Waals surface area contributed by atoms with Crippen LogP contribution in [0, 0.1) is 5.92 Å². The van der Waals surface area contributed by atoms with Crippen molar-refractivity contribution >= 4 is 16.0 Å². The zero-order valence-corrected chi connectivity index (χ0v) is 16.7. The summed E-state index contributed by atoms with van der Waals surface area (Å²) in [5, 5.41) is 3.33. The maximum Gasteiger partial charge on any atom is 0.211 e. The lowest BCUT2D eigenvalue weighted by Crippen LogP contribution is -2.42. The number of nitrogens with one attached hydrogen (secondary N) is 1. The summed E-state index contributed by atoms with van der Waals surface area (Å²) in [5.41, 5.74) is 0.